The lowest BCUT2D eigenvalue weighted by Crippen LogP contribution is -2.14. The number of nitrogens with one attached hydrogen (secondary N) is 1. The van der Waals surface area contributed by atoms with Gasteiger partial charge in [0, 0.05) is 17.0 Å². The maximum absolute atomic E-state index is 12.2. The van der Waals surface area contributed by atoms with Crippen LogP contribution in [0.3, 0.4) is 0 Å². The fourth-order valence-electron chi connectivity index (χ4n) is 2.09. The highest BCUT2D eigenvalue weighted by atomic mass is 35.5. The van der Waals surface area contributed by atoms with E-state index in [1.165, 1.54) is 26.0 Å². The van der Waals surface area contributed by atoms with E-state index in [0.29, 0.717) is 28.8 Å². The van der Waals surface area contributed by atoms with Gasteiger partial charge in [-0.05, 0) is 31.2 Å². The third kappa shape index (κ3) is 5.47. The molecule has 0 spiro atoms. The van der Waals surface area contributed by atoms with Crippen molar-refractivity contribution in [3.05, 3.63) is 41.4 Å². The van der Waals surface area contributed by atoms with Crippen LogP contribution in [0.1, 0.15) is 6.92 Å². The van der Waals surface area contributed by atoms with E-state index in [-0.39, 0.29) is 11.7 Å². The maximum Gasteiger partial charge on any atom is 0.234 e. The molecular weight excluding hydrogens is 362 g/mol. The predicted molar refractivity (Wildman–Crippen MR) is 102 cm³/mol. The lowest BCUT2D eigenvalue weighted by atomic mass is 10.2. The Bertz CT molecular complexity index is 722. The molecule has 5 nitrogen and oxygen atoms in total. The summed E-state index contributed by atoms with van der Waals surface area (Å²) < 4.78 is 15.8. The van der Waals surface area contributed by atoms with Gasteiger partial charge in [0.1, 0.15) is 17.2 Å². The zero-order chi connectivity index (χ0) is 18.2. The van der Waals surface area contributed by atoms with Gasteiger partial charge in [-0.15, -0.1) is 11.8 Å². The van der Waals surface area contributed by atoms with Gasteiger partial charge in [0.15, 0.2) is 0 Å². The van der Waals surface area contributed by atoms with Gasteiger partial charge in [-0.1, -0.05) is 11.6 Å². The van der Waals surface area contributed by atoms with Gasteiger partial charge < -0.3 is 19.5 Å². The van der Waals surface area contributed by atoms with Gasteiger partial charge in [-0.25, -0.2) is 0 Å². The van der Waals surface area contributed by atoms with Gasteiger partial charge in [-0.3, -0.25) is 4.79 Å². The van der Waals surface area contributed by atoms with Crippen LogP contribution in [0.5, 0.6) is 17.2 Å². The van der Waals surface area contributed by atoms with Crippen molar-refractivity contribution in [1.29, 1.82) is 0 Å². The Morgan fingerprint density at radius 1 is 1.12 bits per heavy atom. The summed E-state index contributed by atoms with van der Waals surface area (Å²) in [6.45, 7) is 2.56. The van der Waals surface area contributed by atoms with Crippen LogP contribution in [0.4, 0.5) is 5.69 Å². The molecule has 0 fully saturated rings. The van der Waals surface area contributed by atoms with Gasteiger partial charge in [0.2, 0.25) is 5.91 Å². The van der Waals surface area contributed by atoms with E-state index in [9.17, 15) is 4.79 Å². The van der Waals surface area contributed by atoms with Gasteiger partial charge in [0.25, 0.3) is 0 Å². The minimum atomic E-state index is -0.151. The highest BCUT2D eigenvalue weighted by Gasteiger charge is 2.13. The molecule has 2 aromatic rings. The van der Waals surface area contributed by atoms with E-state index in [4.69, 9.17) is 25.8 Å². The van der Waals surface area contributed by atoms with Crippen molar-refractivity contribution in [1.82, 2.24) is 0 Å². The van der Waals surface area contributed by atoms with Crippen LogP contribution < -0.4 is 19.5 Å². The Labute approximate surface area is 156 Å². The number of carbonyl (C=O) groups is 1. The molecule has 0 saturated heterocycles. The van der Waals surface area contributed by atoms with Crippen LogP contribution >= 0.6 is 23.4 Å². The first-order chi connectivity index (χ1) is 12.1. The second-order valence-electron chi connectivity index (χ2n) is 4.93. The number of rotatable bonds is 8. The van der Waals surface area contributed by atoms with Crippen LogP contribution in [0.25, 0.3) is 0 Å². The van der Waals surface area contributed by atoms with Crippen molar-refractivity contribution in [2.45, 2.75) is 11.8 Å². The molecule has 1 N–H and O–H groups in total. The summed E-state index contributed by atoms with van der Waals surface area (Å²) in [5.41, 5.74) is 0.515. The number of carbonyl (C=O) groups excluding carboxylic acids is 1. The largest absolute Gasteiger partial charge is 0.495 e. The molecule has 2 rings (SSSR count). The Balaban J connectivity index is 1.98. The van der Waals surface area contributed by atoms with Gasteiger partial charge in [0.05, 0.1) is 37.3 Å². The lowest BCUT2D eigenvalue weighted by Gasteiger charge is -2.13. The first-order valence-corrected chi connectivity index (χ1v) is 9.00. The number of methoxy groups -OCH3 is 2. The van der Waals surface area contributed by atoms with Crippen molar-refractivity contribution >= 4 is 35.0 Å². The molecule has 1 amide bonds. The van der Waals surface area contributed by atoms with Gasteiger partial charge >= 0.3 is 0 Å². The Kier molecular flexibility index (Phi) is 7.28. The number of thioether (sulfide) groups is 1. The summed E-state index contributed by atoms with van der Waals surface area (Å²) in [4.78, 5) is 13.2. The standard InChI is InChI=1S/C18H20ClNO4S/c1-4-24-12-5-7-13(8-6-12)25-11-18(21)20-15-10-16(22-2)14(19)9-17(15)23-3/h5-10H,4,11H2,1-3H3,(H,20,21). The molecule has 0 saturated carbocycles. The zero-order valence-corrected chi connectivity index (χ0v) is 15.9. The Morgan fingerprint density at radius 2 is 1.80 bits per heavy atom. The van der Waals surface area contributed by atoms with E-state index in [1.807, 2.05) is 31.2 Å². The average molecular weight is 382 g/mol. The molecule has 0 heterocycles. The van der Waals surface area contributed by atoms with Crippen LogP contribution in [0.15, 0.2) is 41.3 Å². The van der Waals surface area contributed by atoms with E-state index in [1.54, 1.807) is 12.1 Å². The number of anilines is 1. The molecule has 7 heteroatoms. The number of hydrogen-bond acceptors (Lipinski definition) is 5. The first-order valence-electron chi connectivity index (χ1n) is 7.64. The maximum atomic E-state index is 12.2. The van der Waals surface area contributed by atoms with E-state index in [0.717, 1.165) is 10.6 Å². The molecule has 0 aliphatic rings. The van der Waals surface area contributed by atoms with Crippen molar-refractivity contribution in [3.63, 3.8) is 0 Å². The fourth-order valence-corrected chi connectivity index (χ4v) is 3.02. The number of ether oxygens (including phenoxy) is 3. The van der Waals surface area contributed by atoms with Crippen molar-refractivity contribution in [2.24, 2.45) is 0 Å². The summed E-state index contributed by atoms with van der Waals surface area (Å²) in [6.07, 6.45) is 0. The molecule has 0 atom stereocenters. The summed E-state index contributed by atoms with van der Waals surface area (Å²) in [5, 5.41) is 3.23. The summed E-state index contributed by atoms with van der Waals surface area (Å²) in [5.74, 6) is 1.88. The topological polar surface area (TPSA) is 56.8 Å². The average Bonchev–Trinajstić information content (AvgIpc) is 2.62. The molecule has 0 radical (unpaired) electrons. The normalized spacial score (nSPS) is 10.2. The third-order valence-electron chi connectivity index (χ3n) is 3.25. The third-order valence-corrected chi connectivity index (χ3v) is 4.56. The molecule has 0 aromatic heterocycles. The quantitative estimate of drug-likeness (QED) is 0.683. The van der Waals surface area contributed by atoms with E-state index < -0.39 is 0 Å². The smallest absolute Gasteiger partial charge is 0.234 e. The fraction of sp³-hybridized carbons (Fsp3) is 0.278. The van der Waals surface area contributed by atoms with Crippen LogP contribution in [-0.2, 0) is 4.79 Å². The zero-order valence-electron chi connectivity index (χ0n) is 14.3. The highest BCUT2D eigenvalue weighted by molar-refractivity contribution is 8.00. The van der Waals surface area contributed by atoms with Crippen LogP contribution in [-0.4, -0.2) is 32.5 Å². The molecule has 0 aliphatic carbocycles. The molecule has 25 heavy (non-hydrogen) atoms. The predicted octanol–water partition coefficient (Wildman–Crippen LogP) is 4.49. The van der Waals surface area contributed by atoms with E-state index in [2.05, 4.69) is 5.32 Å². The minimum Gasteiger partial charge on any atom is -0.495 e. The number of amides is 1. The molecule has 0 aliphatic heterocycles. The second kappa shape index (κ2) is 9.44. The Hall–Kier alpha value is -2.05. The molecule has 0 bridgehead atoms. The molecule has 0 unspecified atom stereocenters. The van der Waals surface area contributed by atoms with Crippen LogP contribution in [0, 0.1) is 0 Å². The van der Waals surface area contributed by atoms with E-state index >= 15 is 0 Å². The summed E-state index contributed by atoms with van der Waals surface area (Å²) in [6, 6.07) is 10.9. The molecular formula is C18H20ClNO4S. The van der Waals surface area contributed by atoms with Crippen molar-refractivity contribution in [3.8, 4) is 17.2 Å². The number of benzene rings is 2. The molecule has 134 valence electrons. The van der Waals surface area contributed by atoms with Crippen LogP contribution in [0.2, 0.25) is 5.02 Å². The summed E-state index contributed by atoms with van der Waals surface area (Å²) >= 11 is 7.50. The second-order valence-corrected chi connectivity index (χ2v) is 6.38. The number of halogens is 1. The van der Waals surface area contributed by atoms with Crippen molar-refractivity contribution < 1.29 is 19.0 Å². The molecule has 2 aromatic carbocycles. The lowest BCUT2D eigenvalue weighted by molar-refractivity contribution is -0.113. The SMILES string of the molecule is CCOc1ccc(SCC(=O)Nc2cc(OC)c(Cl)cc2OC)cc1. The minimum absolute atomic E-state index is 0.151. The highest BCUT2D eigenvalue weighted by Crippen LogP contribution is 2.36. The Morgan fingerprint density at radius 3 is 2.40 bits per heavy atom. The van der Waals surface area contributed by atoms with Crippen molar-refractivity contribution in [2.75, 3.05) is 31.9 Å². The first kappa shape index (κ1) is 19.3. The number of hydrogen-bond donors (Lipinski definition) is 1. The van der Waals surface area contributed by atoms with Gasteiger partial charge in [-0.2, -0.15) is 0 Å². The monoisotopic (exact) mass is 381 g/mol. The summed E-state index contributed by atoms with van der Waals surface area (Å²) in [7, 11) is 3.03.